The second kappa shape index (κ2) is 7.05. The topological polar surface area (TPSA) is 131 Å². The van der Waals surface area contributed by atoms with Crippen LogP contribution in [-0.4, -0.2) is 32.1 Å². The fraction of sp³-hybridized carbons (Fsp3) is 0.150. The van der Waals surface area contributed by atoms with Gasteiger partial charge in [0, 0.05) is 23.3 Å². The van der Waals surface area contributed by atoms with Crippen LogP contribution in [0.2, 0.25) is 0 Å². The molecule has 0 atom stereocenters. The van der Waals surface area contributed by atoms with Crippen LogP contribution in [0.5, 0.6) is 23.0 Å². The molecule has 0 saturated carbocycles. The highest BCUT2D eigenvalue weighted by atomic mass is 16.3. The van der Waals surface area contributed by atoms with E-state index in [-0.39, 0.29) is 57.9 Å². The number of aliphatic hydroxyl groups excluding tert-OH is 1. The number of aliphatic hydroxyl groups is 1. The number of rotatable bonds is 4. The average Bonchev–Trinajstić information content (AvgIpc) is 2.61. The van der Waals surface area contributed by atoms with Crippen molar-refractivity contribution in [1.82, 2.24) is 0 Å². The molecule has 27 heavy (non-hydrogen) atoms. The number of fused-ring (bicyclic) bond motifs is 1. The van der Waals surface area contributed by atoms with Crippen molar-refractivity contribution >= 4 is 11.0 Å². The smallest absolute Gasteiger partial charge is 0.204 e. The Labute approximate surface area is 153 Å². The Morgan fingerprint density at radius 1 is 1.04 bits per heavy atom. The summed E-state index contributed by atoms with van der Waals surface area (Å²) in [6.07, 6.45) is 2.98. The molecule has 0 spiro atoms. The molecule has 5 N–H and O–H groups in total. The molecule has 3 rings (SSSR count). The number of phenolic OH excluding ortho intramolecular Hbond substituents is 4. The van der Waals surface area contributed by atoms with E-state index in [2.05, 4.69) is 0 Å². The van der Waals surface area contributed by atoms with Crippen LogP contribution in [0, 0.1) is 0 Å². The van der Waals surface area contributed by atoms with Gasteiger partial charge < -0.3 is 29.9 Å². The summed E-state index contributed by atoms with van der Waals surface area (Å²) in [5.41, 5.74) is 0.501. The lowest BCUT2D eigenvalue weighted by atomic mass is 10.0. The lowest BCUT2D eigenvalue weighted by Gasteiger charge is -2.10. The van der Waals surface area contributed by atoms with Crippen molar-refractivity contribution in [1.29, 1.82) is 0 Å². The Balaban J connectivity index is 2.26. The van der Waals surface area contributed by atoms with Gasteiger partial charge in [0.2, 0.25) is 5.43 Å². The van der Waals surface area contributed by atoms with E-state index in [1.165, 1.54) is 12.1 Å². The summed E-state index contributed by atoms with van der Waals surface area (Å²) in [6, 6.07) is 4.80. The van der Waals surface area contributed by atoms with Crippen LogP contribution in [0.25, 0.3) is 22.1 Å². The first kappa shape index (κ1) is 18.3. The fourth-order valence-electron chi connectivity index (χ4n) is 2.80. The Bertz CT molecular complexity index is 1110. The first-order chi connectivity index (χ1) is 12.8. The predicted molar refractivity (Wildman–Crippen MR) is 99.1 cm³/mol. The monoisotopic (exact) mass is 370 g/mol. The maximum atomic E-state index is 12.9. The zero-order chi connectivity index (χ0) is 19.7. The molecule has 2 aromatic carbocycles. The number of phenols is 4. The third-order valence-corrected chi connectivity index (χ3v) is 4.28. The molecule has 1 heterocycles. The second-order valence-electron chi connectivity index (χ2n) is 6.19. The molecule has 3 aromatic rings. The zero-order valence-electron chi connectivity index (χ0n) is 14.4. The molecule has 0 radical (unpaired) electrons. The standard InChI is InChI=1S/C20H18O7/c1-10(8-21)2-4-13-16(24)7-17(25)18-19(26)14(9-27-20(13)18)12-5-3-11(22)6-15(12)23/h2-3,5-7,9,21-25H,4,8H2,1H3/b10-2+. The van der Waals surface area contributed by atoms with E-state index in [1.807, 2.05) is 0 Å². The summed E-state index contributed by atoms with van der Waals surface area (Å²) < 4.78 is 5.54. The first-order valence-corrected chi connectivity index (χ1v) is 8.11. The highest BCUT2D eigenvalue weighted by Crippen LogP contribution is 2.36. The average molecular weight is 370 g/mol. The van der Waals surface area contributed by atoms with Crippen molar-refractivity contribution in [2.24, 2.45) is 0 Å². The molecule has 0 fully saturated rings. The maximum absolute atomic E-state index is 12.9. The van der Waals surface area contributed by atoms with E-state index < -0.39 is 11.2 Å². The first-order valence-electron chi connectivity index (χ1n) is 8.11. The minimum Gasteiger partial charge on any atom is -0.508 e. The summed E-state index contributed by atoms with van der Waals surface area (Å²) in [5, 5.41) is 48.7. The van der Waals surface area contributed by atoms with Gasteiger partial charge in [0.05, 0.1) is 12.2 Å². The molecule has 0 aliphatic carbocycles. The van der Waals surface area contributed by atoms with Gasteiger partial charge >= 0.3 is 0 Å². The third-order valence-electron chi connectivity index (χ3n) is 4.28. The molecule has 7 nitrogen and oxygen atoms in total. The largest absolute Gasteiger partial charge is 0.508 e. The van der Waals surface area contributed by atoms with Crippen molar-refractivity contribution < 1.29 is 29.9 Å². The predicted octanol–water partition coefficient (Wildman–Crippen LogP) is 2.76. The van der Waals surface area contributed by atoms with Gasteiger partial charge in [0.15, 0.2) is 0 Å². The van der Waals surface area contributed by atoms with E-state index in [1.54, 1.807) is 13.0 Å². The van der Waals surface area contributed by atoms with Gasteiger partial charge in [-0.1, -0.05) is 11.6 Å². The summed E-state index contributed by atoms with van der Waals surface area (Å²) in [4.78, 5) is 12.9. The quantitative estimate of drug-likeness (QED) is 0.446. The van der Waals surface area contributed by atoms with Crippen molar-refractivity contribution in [3.8, 4) is 34.1 Å². The number of hydrogen-bond donors (Lipinski definition) is 5. The molecule has 0 bridgehead atoms. The summed E-state index contributed by atoms with van der Waals surface area (Å²) in [6.45, 7) is 1.56. The van der Waals surface area contributed by atoms with E-state index >= 15 is 0 Å². The SMILES string of the molecule is C/C(=C\Cc1c(O)cc(O)c2c(=O)c(-c3ccc(O)cc3O)coc12)CO. The van der Waals surface area contributed by atoms with Gasteiger partial charge in [-0.3, -0.25) is 4.79 Å². The molecular formula is C20H18O7. The van der Waals surface area contributed by atoms with Crippen LogP contribution in [-0.2, 0) is 6.42 Å². The molecule has 1 aromatic heterocycles. The minimum atomic E-state index is -0.598. The second-order valence-corrected chi connectivity index (χ2v) is 6.19. The Hall–Kier alpha value is -3.45. The van der Waals surface area contributed by atoms with Gasteiger partial charge in [0.1, 0.15) is 40.2 Å². The summed E-state index contributed by atoms with van der Waals surface area (Å²) >= 11 is 0. The normalized spacial score (nSPS) is 11.9. The molecule has 140 valence electrons. The number of aromatic hydroxyl groups is 4. The van der Waals surface area contributed by atoms with Crippen LogP contribution in [0.1, 0.15) is 12.5 Å². The van der Waals surface area contributed by atoms with Gasteiger partial charge in [-0.2, -0.15) is 0 Å². The van der Waals surface area contributed by atoms with E-state index in [4.69, 9.17) is 9.52 Å². The fourth-order valence-corrected chi connectivity index (χ4v) is 2.80. The van der Waals surface area contributed by atoms with Gasteiger partial charge in [-0.05, 0) is 25.5 Å². The van der Waals surface area contributed by atoms with E-state index in [0.717, 1.165) is 18.4 Å². The van der Waals surface area contributed by atoms with E-state index in [0.29, 0.717) is 5.57 Å². The Morgan fingerprint density at radius 2 is 1.78 bits per heavy atom. The molecule has 0 saturated heterocycles. The van der Waals surface area contributed by atoms with Crippen molar-refractivity contribution in [2.45, 2.75) is 13.3 Å². The number of hydrogen-bond acceptors (Lipinski definition) is 7. The Morgan fingerprint density at radius 3 is 2.44 bits per heavy atom. The molecular weight excluding hydrogens is 352 g/mol. The summed E-state index contributed by atoms with van der Waals surface area (Å²) in [7, 11) is 0. The molecule has 0 amide bonds. The highest BCUT2D eigenvalue weighted by Gasteiger charge is 2.20. The van der Waals surface area contributed by atoms with Crippen LogP contribution in [0.4, 0.5) is 0 Å². The highest BCUT2D eigenvalue weighted by molar-refractivity contribution is 5.91. The molecule has 0 aliphatic rings. The van der Waals surface area contributed by atoms with Crippen LogP contribution < -0.4 is 5.43 Å². The zero-order valence-corrected chi connectivity index (χ0v) is 14.4. The molecule has 7 heteroatoms. The van der Waals surface area contributed by atoms with Gasteiger partial charge in [0.25, 0.3) is 0 Å². The van der Waals surface area contributed by atoms with Gasteiger partial charge in [-0.15, -0.1) is 0 Å². The minimum absolute atomic E-state index is 0.00554. The third kappa shape index (κ3) is 3.32. The van der Waals surface area contributed by atoms with Crippen molar-refractivity contribution in [3.63, 3.8) is 0 Å². The maximum Gasteiger partial charge on any atom is 0.204 e. The molecule has 0 aliphatic heterocycles. The Kier molecular flexibility index (Phi) is 4.79. The van der Waals surface area contributed by atoms with E-state index in [9.17, 15) is 25.2 Å². The van der Waals surface area contributed by atoms with Crippen molar-refractivity contribution in [3.05, 3.63) is 58.0 Å². The van der Waals surface area contributed by atoms with Crippen molar-refractivity contribution in [2.75, 3.05) is 6.61 Å². The number of allylic oxidation sites excluding steroid dienone is 1. The molecule has 0 unspecified atom stereocenters. The summed E-state index contributed by atoms with van der Waals surface area (Å²) in [5.74, 6) is -1.18. The van der Waals surface area contributed by atoms with Crippen LogP contribution in [0.3, 0.4) is 0 Å². The number of benzene rings is 2. The lowest BCUT2D eigenvalue weighted by molar-refractivity contribution is 0.331. The van der Waals surface area contributed by atoms with Crippen LogP contribution in [0.15, 0.2) is 51.4 Å². The lowest BCUT2D eigenvalue weighted by Crippen LogP contribution is -2.06. The van der Waals surface area contributed by atoms with Crippen LogP contribution >= 0.6 is 0 Å². The van der Waals surface area contributed by atoms with Gasteiger partial charge in [-0.25, -0.2) is 0 Å².